The zero-order valence-corrected chi connectivity index (χ0v) is 17.0. The van der Waals surface area contributed by atoms with Crippen molar-refractivity contribution in [2.45, 2.75) is 16.7 Å². The van der Waals surface area contributed by atoms with E-state index in [-0.39, 0.29) is 15.5 Å². The molecular formula is C18H19N5O4S2. The molecule has 0 unspecified atom stereocenters. The molecule has 11 heteroatoms. The number of nitrogens with two attached hydrogens (primary N) is 1. The van der Waals surface area contributed by atoms with Crippen LogP contribution in [0.1, 0.15) is 6.92 Å². The summed E-state index contributed by atoms with van der Waals surface area (Å²) in [6.45, 7) is 1.59. The highest BCUT2D eigenvalue weighted by atomic mass is 32.2. The lowest BCUT2D eigenvalue weighted by atomic mass is 10.3. The van der Waals surface area contributed by atoms with Gasteiger partial charge in [0, 0.05) is 17.4 Å². The minimum atomic E-state index is -3.82. The number of rotatable bonds is 7. The maximum Gasteiger partial charge on any atom is 0.238 e. The Balaban J connectivity index is 1.82. The van der Waals surface area contributed by atoms with Gasteiger partial charge in [0.2, 0.25) is 10.0 Å². The summed E-state index contributed by atoms with van der Waals surface area (Å²) in [5.74, 6) is 0.845. The molecule has 3 rings (SSSR count). The summed E-state index contributed by atoms with van der Waals surface area (Å²) < 4.78 is 47.1. The average Bonchev–Trinajstić information content (AvgIpc) is 2.68. The second-order valence-corrected chi connectivity index (χ2v) is 9.88. The lowest BCUT2D eigenvalue weighted by Gasteiger charge is -2.10. The highest BCUT2D eigenvalue weighted by Gasteiger charge is 2.12. The number of anilines is 4. The van der Waals surface area contributed by atoms with Crippen molar-refractivity contribution in [2.24, 2.45) is 5.14 Å². The van der Waals surface area contributed by atoms with E-state index in [1.165, 1.54) is 30.6 Å². The Morgan fingerprint density at radius 3 is 1.86 bits per heavy atom. The van der Waals surface area contributed by atoms with Crippen LogP contribution in [0.25, 0.3) is 0 Å². The van der Waals surface area contributed by atoms with Gasteiger partial charge in [-0.25, -0.2) is 31.9 Å². The van der Waals surface area contributed by atoms with Gasteiger partial charge in [-0.3, -0.25) is 0 Å². The normalized spacial score (nSPS) is 11.8. The molecule has 0 aliphatic carbocycles. The Morgan fingerprint density at radius 2 is 1.34 bits per heavy atom. The standard InChI is InChI=1S/C18H19N5O4S2/c1-2-28(24,25)15-7-3-5-13(9-15)22-17-11-18(21-12-20-17)23-14-6-4-8-16(10-14)29(19,26)27/h3-12H,2H2,1H3,(H2,19,26,27)(H2,20,21,22,23). The molecule has 4 N–H and O–H groups in total. The van der Waals surface area contributed by atoms with Gasteiger partial charge in [-0.05, 0) is 36.4 Å². The van der Waals surface area contributed by atoms with E-state index in [1.807, 2.05) is 0 Å². The van der Waals surface area contributed by atoms with Crippen molar-refractivity contribution in [3.8, 4) is 0 Å². The number of nitrogens with zero attached hydrogens (tertiary/aromatic N) is 2. The smallest absolute Gasteiger partial charge is 0.238 e. The first-order chi connectivity index (χ1) is 13.7. The summed E-state index contributed by atoms with van der Waals surface area (Å²) in [6, 6.07) is 14.0. The first-order valence-corrected chi connectivity index (χ1v) is 11.7. The van der Waals surface area contributed by atoms with Gasteiger partial charge in [-0.15, -0.1) is 0 Å². The van der Waals surface area contributed by atoms with Crippen molar-refractivity contribution in [3.63, 3.8) is 0 Å². The van der Waals surface area contributed by atoms with Gasteiger partial charge >= 0.3 is 0 Å². The average molecular weight is 434 g/mol. The Bertz CT molecular complexity index is 1240. The Kier molecular flexibility index (Phi) is 5.82. The van der Waals surface area contributed by atoms with Crippen LogP contribution in [0.2, 0.25) is 0 Å². The maximum atomic E-state index is 12.0. The fourth-order valence-electron chi connectivity index (χ4n) is 2.47. The number of sulfonamides is 1. The number of sulfone groups is 1. The number of nitrogens with one attached hydrogen (secondary N) is 2. The van der Waals surface area contributed by atoms with Crippen LogP contribution in [0.3, 0.4) is 0 Å². The number of benzene rings is 2. The first-order valence-electron chi connectivity index (χ1n) is 8.49. The second kappa shape index (κ2) is 8.15. The molecule has 1 heterocycles. The van der Waals surface area contributed by atoms with Crippen LogP contribution in [0.5, 0.6) is 0 Å². The van der Waals surface area contributed by atoms with E-state index in [4.69, 9.17) is 5.14 Å². The van der Waals surface area contributed by atoms with E-state index in [0.717, 1.165) is 0 Å². The van der Waals surface area contributed by atoms with Crippen molar-refractivity contribution in [1.82, 2.24) is 9.97 Å². The number of hydrogen-bond acceptors (Lipinski definition) is 8. The van der Waals surface area contributed by atoms with Crippen molar-refractivity contribution in [2.75, 3.05) is 16.4 Å². The largest absolute Gasteiger partial charge is 0.340 e. The summed E-state index contributed by atoms with van der Waals surface area (Å²) in [7, 11) is -7.14. The zero-order chi connectivity index (χ0) is 21.1. The highest BCUT2D eigenvalue weighted by Crippen LogP contribution is 2.23. The lowest BCUT2D eigenvalue weighted by molar-refractivity contribution is 0.596. The zero-order valence-electron chi connectivity index (χ0n) is 15.4. The van der Waals surface area contributed by atoms with E-state index in [0.29, 0.717) is 23.0 Å². The fraction of sp³-hybridized carbons (Fsp3) is 0.111. The Morgan fingerprint density at radius 1 is 0.828 bits per heavy atom. The van der Waals surface area contributed by atoms with E-state index >= 15 is 0 Å². The molecule has 0 amide bonds. The topological polar surface area (TPSA) is 144 Å². The Labute approximate surface area is 169 Å². The molecule has 9 nitrogen and oxygen atoms in total. The van der Waals surface area contributed by atoms with Crippen molar-refractivity contribution in [1.29, 1.82) is 0 Å². The van der Waals surface area contributed by atoms with Crippen LogP contribution < -0.4 is 15.8 Å². The molecule has 0 aliphatic heterocycles. The van der Waals surface area contributed by atoms with E-state index in [1.54, 1.807) is 37.3 Å². The molecule has 0 atom stereocenters. The summed E-state index contributed by atoms with van der Waals surface area (Å²) in [6.07, 6.45) is 1.32. The molecule has 0 saturated carbocycles. The summed E-state index contributed by atoms with van der Waals surface area (Å²) in [5.41, 5.74) is 1.04. The lowest BCUT2D eigenvalue weighted by Crippen LogP contribution is -2.12. The third kappa shape index (κ3) is 5.28. The molecule has 0 fully saturated rings. The summed E-state index contributed by atoms with van der Waals surface area (Å²) >= 11 is 0. The third-order valence-electron chi connectivity index (χ3n) is 3.95. The van der Waals surface area contributed by atoms with Crippen LogP contribution >= 0.6 is 0 Å². The second-order valence-electron chi connectivity index (χ2n) is 6.04. The van der Waals surface area contributed by atoms with Gasteiger partial charge in [-0.2, -0.15) is 0 Å². The summed E-state index contributed by atoms with van der Waals surface area (Å²) in [5, 5.41) is 11.2. The van der Waals surface area contributed by atoms with Crippen molar-refractivity contribution < 1.29 is 16.8 Å². The fourth-order valence-corrected chi connectivity index (χ4v) is 3.96. The van der Waals surface area contributed by atoms with Gasteiger partial charge in [0.25, 0.3) is 0 Å². The monoisotopic (exact) mass is 433 g/mol. The van der Waals surface area contributed by atoms with Crippen LogP contribution in [-0.4, -0.2) is 32.6 Å². The van der Waals surface area contributed by atoms with Gasteiger partial charge in [0.05, 0.1) is 15.5 Å². The number of primary sulfonamides is 1. The Hall–Kier alpha value is -3.02. The molecular weight excluding hydrogens is 414 g/mol. The molecule has 29 heavy (non-hydrogen) atoms. The van der Waals surface area contributed by atoms with Gasteiger partial charge in [0.1, 0.15) is 18.0 Å². The first kappa shape index (κ1) is 20.7. The minimum absolute atomic E-state index is 0.00954. The quantitative estimate of drug-likeness (QED) is 0.515. The molecule has 2 aromatic carbocycles. The SMILES string of the molecule is CCS(=O)(=O)c1cccc(Nc2cc(Nc3cccc(S(N)(=O)=O)c3)ncn2)c1. The molecule has 0 aliphatic rings. The van der Waals surface area contributed by atoms with Crippen LogP contribution in [-0.2, 0) is 19.9 Å². The molecule has 3 aromatic rings. The van der Waals surface area contributed by atoms with Crippen LogP contribution in [0.15, 0.2) is 70.7 Å². The van der Waals surface area contributed by atoms with Gasteiger partial charge in [0.15, 0.2) is 9.84 Å². The van der Waals surface area contributed by atoms with Gasteiger partial charge in [-0.1, -0.05) is 19.1 Å². The maximum absolute atomic E-state index is 12.0. The van der Waals surface area contributed by atoms with E-state index in [2.05, 4.69) is 20.6 Å². The molecule has 1 aromatic heterocycles. The van der Waals surface area contributed by atoms with Gasteiger partial charge < -0.3 is 10.6 Å². The molecule has 0 spiro atoms. The van der Waals surface area contributed by atoms with Crippen molar-refractivity contribution >= 4 is 42.9 Å². The molecule has 152 valence electrons. The number of aromatic nitrogens is 2. The van der Waals surface area contributed by atoms with Crippen molar-refractivity contribution in [3.05, 3.63) is 60.9 Å². The third-order valence-corrected chi connectivity index (χ3v) is 6.59. The molecule has 0 saturated heterocycles. The molecule has 0 bridgehead atoms. The predicted octanol–water partition coefficient (Wildman–Crippen LogP) is 2.40. The number of hydrogen-bond donors (Lipinski definition) is 3. The predicted molar refractivity (Wildman–Crippen MR) is 111 cm³/mol. The van der Waals surface area contributed by atoms with Crippen LogP contribution in [0.4, 0.5) is 23.0 Å². The highest BCUT2D eigenvalue weighted by molar-refractivity contribution is 7.91. The van der Waals surface area contributed by atoms with E-state index in [9.17, 15) is 16.8 Å². The minimum Gasteiger partial charge on any atom is -0.340 e. The van der Waals surface area contributed by atoms with Crippen LogP contribution in [0, 0.1) is 0 Å². The summed E-state index contributed by atoms with van der Waals surface area (Å²) in [4.78, 5) is 8.41. The molecule has 0 radical (unpaired) electrons. The van der Waals surface area contributed by atoms with E-state index < -0.39 is 19.9 Å².